The molecule has 0 aliphatic carbocycles. The van der Waals surface area contributed by atoms with Crippen LogP contribution < -0.4 is 0 Å². The SMILES string of the molecule is CCC(CC)(OC)c1noc(-c2[nH]cnc2C(=O)O)n1. The number of nitrogens with zero attached hydrogens (tertiary/aromatic N) is 3. The van der Waals surface area contributed by atoms with Crippen molar-refractivity contribution in [3.05, 3.63) is 17.8 Å². The third-order valence-electron chi connectivity index (χ3n) is 3.42. The molecule has 20 heavy (non-hydrogen) atoms. The van der Waals surface area contributed by atoms with E-state index in [0.29, 0.717) is 18.7 Å². The highest BCUT2D eigenvalue weighted by Gasteiger charge is 2.34. The molecule has 0 spiro atoms. The molecule has 2 N–H and O–H groups in total. The highest BCUT2D eigenvalue weighted by atomic mass is 16.5. The second-order valence-electron chi connectivity index (χ2n) is 4.26. The van der Waals surface area contributed by atoms with Gasteiger partial charge in [0.2, 0.25) is 5.82 Å². The number of methoxy groups -OCH3 is 1. The van der Waals surface area contributed by atoms with E-state index >= 15 is 0 Å². The first-order valence-corrected chi connectivity index (χ1v) is 6.24. The van der Waals surface area contributed by atoms with Gasteiger partial charge in [-0.3, -0.25) is 0 Å². The van der Waals surface area contributed by atoms with Gasteiger partial charge < -0.3 is 19.4 Å². The van der Waals surface area contributed by atoms with Crippen molar-refractivity contribution < 1.29 is 19.2 Å². The number of rotatable bonds is 6. The van der Waals surface area contributed by atoms with Crippen molar-refractivity contribution in [3.8, 4) is 11.6 Å². The van der Waals surface area contributed by atoms with Crippen LogP contribution in [-0.2, 0) is 10.3 Å². The van der Waals surface area contributed by atoms with Gasteiger partial charge in [0.05, 0.1) is 6.33 Å². The number of aromatic nitrogens is 4. The third kappa shape index (κ3) is 2.18. The Labute approximate surface area is 115 Å². The van der Waals surface area contributed by atoms with Crippen molar-refractivity contribution in [2.45, 2.75) is 32.3 Å². The molecule has 0 aromatic carbocycles. The first-order valence-electron chi connectivity index (χ1n) is 6.24. The Morgan fingerprint density at radius 3 is 2.75 bits per heavy atom. The predicted molar refractivity (Wildman–Crippen MR) is 68.1 cm³/mol. The number of nitrogens with one attached hydrogen (secondary N) is 1. The Balaban J connectivity index is 2.43. The van der Waals surface area contributed by atoms with Gasteiger partial charge in [0.15, 0.2) is 5.69 Å². The van der Waals surface area contributed by atoms with Crippen molar-refractivity contribution in [2.75, 3.05) is 7.11 Å². The van der Waals surface area contributed by atoms with Crippen LogP contribution in [0.1, 0.15) is 43.0 Å². The summed E-state index contributed by atoms with van der Waals surface area (Å²) in [7, 11) is 1.59. The van der Waals surface area contributed by atoms with Crippen molar-refractivity contribution >= 4 is 5.97 Å². The van der Waals surface area contributed by atoms with Crippen LogP contribution >= 0.6 is 0 Å². The Morgan fingerprint density at radius 1 is 1.50 bits per heavy atom. The fourth-order valence-corrected chi connectivity index (χ4v) is 2.08. The van der Waals surface area contributed by atoms with Crippen LogP contribution in [0.25, 0.3) is 11.6 Å². The van der Waals surface area contributed by atoms with Gasteiger partial charge >= 0.3 is 5.97 Å². The average Bonchev–Trinajstić information content (AvgIpc) is 3.10. The van der Waals surface area contributed by atoms with Gasteiger partial charge in [-0.05, 0) is 12.8 Å². The number of aromatic carboxylic acids is 1. The summed E-state index contributed by atoms with van der Waals surface area (Å²) in [6, 6.07) is 0. The Bertz CT molecular complexity index is 592. The number of ether oxygens (including phenoxy) is 1. The second-order valence-corrected chi connectivity index (χ2v) is 4.26. The molecule has 0 atom stereocenters. The second kappa shape index (κ2) is 5.41. The molecule has 0 amide bonds. The Hall–Kier alpha value is -2.22. The number of carboxylic acids is 1. The summed E-state index contributed by atoms with van der Waals surface area (Å²) < 4.78 is 10.6. The van der Waals surface area contributed by atoms with E-state index in [4.69, 9.17) is 14.4 Å². The molecule has 2 aromatic heterocycles. The standard InChI is InChI=1S/C12H16N4O4/c1-4-12(5-2,19-3)11-15-9(20-16-11)7-8(10(17)18)14-6-13-7/h6H,4-5H2,1-3H3,(H,13,14)(H,17,18). The molecular weight excluding hydrogens is 264 g/mol. The number of carboxylic acid groups (broad SMARTS) is 1. The van der Waals surface area contributed by atoms with Crippen LogP contribution in [0, 0.1) is 0 Å². The average molecular weight is 280 g/mol. The van der Waals surface area contributed by atoms with Gasteiger partial charge in [-0.2, -0.15) is 4.98 Å². The zero-order valence-corrected chi connectivity index (χ0v) is 11.5. The summed E-state index contributed by atoms with van der Waals surface area (Å²) in [5.41, 5.74) is -0.602. The molecule has 2 aromatic rings. The van der Waals surface area contributed by atoms with Crippen LogP contribution in [-0.4, -0.2) is 38.3 Å². The normalized spacial score (nSPS) is 11.8. The van der Waals surface area contributed by atoms with E-state index in [1.165, 1.54) is 6.33 Å². The van der Waals surface area contributed by atoms with Crippen LogP contribution in [0.4, 0.5) is 0 Å². The van der Waals surface area contributed by atoms with E-state index in [0.717, 1.165) is 0 Å². The smallest absolute Gasteiger partial charge is 0.356 e. The Kier molecular flexibility index (Phi) is 3.84. The minimum Gasteiger partial charge on any atom is -0.476 e. The molecule has 0 unspecified atom stereocenters. The maximum absolute atomic E-state index is 11.0. The summed E-state index contributed by atoms with van der Waals surface area (Å²) in [5, 5.41) is 12.9. The van der Waals surface area contributed by atoms with Crippen molar-refractivity contribution in [3.63, 3.8) is 0 Å². The van der Waals surface area contributed by atoms with E-state index < -0.39 is 11.6 Å². The van der Waals surface area contributed by atoms with Crippen molar-refractivity contribution in [2.24, 2.45) is 0 Å². The van der Waals surface area contributed by atoms with E-state index in [-0.39, 0.29) is 17.3 Å². The van der Waals surface area contributed by atoms with E-state index in [1.54, 1.807) is 7.11 Å². The van der Waals surface area contributed by atoms with Crippen molar-refractivity contribution in [1.29, 1.82) is 0 Å². The van der Waals surface area contributed by atoms with Crippen LogP contribution in [0.2, 0.25) is 0 Å². The van der Waals surface area contributed by atoms with Gasteiger partial charge in [0.1, 0.15) is 11.3 Å². The summed E-state index contributed by atoms with van der Waals surface area (Å²) >= 11 is 0. The lowest BCUT2D eigenvalue weighted by molar-refractivity contribution is -0.0306. The molecule has 0 fully saturated rings. The first-order chi connectivity index (χ1) is 9.57. The molecule has 2 heterocycles. The van der Waals surface area contributed by atoms with Gasteiger partial charge in [0.25, 0.3) is 5.89 Å². The molecular formula is C12H16N4O4. The third-order valence-corrected chi connectivity index (χ3v) is 3.42. The molecule has 8 nitrogen and oxygen atoms in total. The number of aromatic amines is 1. The Morgan fingerprint density at radius 2 is 2.20 bits per heavy atom. The van der Waals surface area contributed by atoms with Crippen LogP contribution in [0.3, 0.4) is 0 Å². The topological polar surface area (TPSA) is 114 Å². The molecule has 2 rings (SSSR count). The number of imidazole rings is 1. The van der Waals surface area contributed by atoms with Gasteiger partial charge in [0, 0.05) is 7.11 Å². The fourth-order valence-electron chi connectivity index (χ4n) is 2.08. The van der Waals surface area contributed by atoms with Gasteiger partial charge in [-0.25, -0.2) is 9.78 Å². The highest BCUT2D eigenvalue weighted by Crippen LogP contribution is 2.31. The summed E-state index contributed by atoms with van der Waals surface area (Å²) in [6.45, 7) is 3.92. The molecule has 0 bridgehead atoms. The number of hydrogen-bond donors (Lipinski definition) is 2. The summed E-state index contributed by atoms with van der Waals surface area (Å²) in [5.74, 6) is -0.686. The lowest BCUT2D eigenvalue weighted by atomic mass is 9.96. The molecule has 0 radical (unpaired) electrons. The van der Waals surface area contributed by atoms with Crippen molar-refractivity contribution in [1.82, 2.24) is 20.1 Å². The maximum Gasteiger partial charge on any atom is 0.356 e. The lowest BCUT2D eigenvalue weighted by Gasteiger charge is -2.25. The molecule has 108 valence electrons. The summed E-state index contributed by atoms with van der Waals surface area (Å²) in [6.07, 6.45) is 2.62. The molecule has 0 aliphatic rings. The predicted octanol–water partition coefficient (Wildman–Crippen LogP) is 1.82. The molecule has 0 saturated carbocycles. The lowest BCUT2D eigenvalue weighted by Crippen LogP contribution is -2.28. The van der Waals surface area contributed by atoms with Gasteiger partial charge in [-0.1, -0.05) is 19.0 Å². The number of hydrogen-bond acceptors (Lipinski definition) is 6. The fraction of sp³-hybridized carbons (Fsp3) is 0.500. The molecule has 0 saturated heterocycles. The van der Waals surface area contributed by atoms with E-state index in [1.807, 2.05) is 13.8 Å². The quantitative estimate of drug-likeness (QED) is 0.829. The minimum absolute atomic E-state index is 0.0817. The van der Waals surface area contributed by atoms with E-state index in [2.05, 4.69) is 20.1 Å². The minimum atomic E-state index is -1.16. The summed E-state index contributed by atoms with van der Waals surface area (Å²) in [4.78, 5) is 21.7. The number of carbonyl (C=O) groups is 1. The first kappa shape index (κ1) is 14.2. The van der Waals surface area contributed by atoms with E-state index in [9.17, 15) is 4.79 Å². The maximum atomic E-state index is 11.0. The van der Waals surface area contributed by atoms with Gasteiger partial charge in [-0.15, -0.1) is 0 Å². The zero-order valence-electron chi connectivity index (χ0n) is 11.5. The monoisotopic (exact) mass is 280 g/mol. The highest BCUT2D eigenvalue weighted by molar-refractivity contribution is 5.91. The zero-order chi connectivity index (χ0) is 14.8. The molecule has 0 aliphatic heterocycles. The van der Waals surface area contributed by atoms with Crippen LogP contribution in [0.5, 0.6) is 0 Å². The largest absolute Gasteiger partial charge is 0.476 e. The number of H-pyrrole nitrogens is 1. The van der Waals surface area contributed by atoms with Crippen LogP contribution in [0.15, 0.2) is 10.9 Å². The molecule has 8 heteroatoms.